The van der Waals surface area contributed by atoms with Crippen LogP contribution in [-0.4, -0.2) is 29.2 Å². The molecule has 0 aliphatic rings. The maximum Gasteiger partial charge on any atom is 0.248 e. The van der Waals surface area contributed by atoms with Crippen molar-refractivity contribution >= 4 is 29.9 Å². The van der Waals surface area contributed by atoms with Crippen molar-refractivity contribution in [3.05, 3.63) is 24.4 Å². The molecule has 0 aliphatic heterocycles. The first-order valence-corrected chi connectivity index (χ1v) is 5.18. The van der Waals surface area contributed by atoms with Crippen LogP contribution in [0.3, 0.4) is 0 Å². The van der Waals surface area contributed by atoms with Crippen LogP contribution in [0.5, 0.6) is 0 Å². The van der Waals surface area contributed by atoms with Gasteiger partial charge in [0.2, 0.25) is 5.89 Å². The summed E-state index contributed by atoms with van der Waals surface area (Å²) in [6.45, 7) is 9.23. The molecule has 0 aromatic carbocycles. The second-order valence-electron chi connectivity index (χ2n) is 3.10. The number of hydrogen-bond donors (Lipinski definition) is 2. The summed E-state index contributed by atoms with van der Waals surface area (Å²) in [7, 11) is 0. The summed E-state index contributed by atoms with van der Waals surface area (Å²) in [6.07, 6.45) is 1.77. The van der Waals surface area contributed by atoms with E-state index >= 15 is 0 Å². The smallest absolute Gasteiger partial charge is 0.248 e. The number of halogens is 1. The normalized spacial score (nSPS) is 10.6. The third kappa shape index (κ3) is 6.25. The molecule has 1 rings (SSSR count). The molecule has 2 N–H and O–H groups in total. The zero-order chi connectivity index (χ0) is 11.8. The van der Waals surface area contributed by atoms with Crippen molar-refractivity contribution < 1.29 is 4.52 Å². The molecule has 0 fully saturated rings. The molecule has 0 spiro atoms. The highest BCUT2D eigenvalue weighted by atomic mass is 127. The van der Waals surface area contributed by atoms with E-state index in [4.69, 9.17) is 4.52 Å². The number of guanidine groups is 1. The van der Waals surface area contributed by atoms with E-state index in [1.165, 1.54) is 0 Å². The van der Waals surface area contributed by atoms with Gasteiger partial charge < -0.3 is 15.2 Å². The predicted molar refractivity (Wildman–Crippen MR) is 77.5 cm³/mol. The SMILES string of the molecule is C=CCNC(=NCc1nc(C)no1)NCC.I. The van der Waals surface area contributed by atoms with Gasteiger partial charge in [0.05, 0.1) is 0 Å². The van der Waals surface area contributed by atoms with Crippen LogP contribution in [0.15, 0.2) is 22.2 Å². The Bertz CT molecular complexity index is 363. The summed E-state index contributed by atoms with van der Waals surface area (Å²) in [5.74, 6) is 1.83. The monoisotopic (exact) mass is 351 g/mol. The van der Waals surface area contributed by atoms with Gasteiger partial charge in [0.1, 0.15) is 6.54 Å². The van der Waals surface area contributed by atoms with Crippen LogP contribution < -0.4 is 10.6 Å². The molecule has 1 aromatic heterocycles. The van der Waals surface area contributed by atoms with Crippen LogP contribution in [-0.2, 0) is 6.54 Å². The molecule has 1 heterocycles. The van der Waals surface area contributed by atoms with Crippen molar-refractivity contribution in [2.24, 2.45) is 4.99 Å². The molecule has 0 unspecified atom stereocenters. The lowest BCUT2D eigenvalue weighted by Crippen LogP contribution is -2.37. The first kappa shape index (κ1) is 15.9. The average molecular weight is 351 g/mol. The Hall–Kier alpha value is -1.12. The minimum absolute atomic E-state index is 0. The van der Waals surface area contributed by atoms with Crippen molar-refractivity contribution in [2.45, 2.75) is 20.4 Å². The zero-order valence-corrected chi connectivity index (χ0v) is 12.4. The Labute approximate surface area is 118 Å². The number of hydrogen-bond acceptors (Lipinski definition) is 4. The molecule has 0 bridgehead atoms. The Kier molecular flexibility index (Phi) is 8.38. The van der Waals surface area contributed by atoms with Crippen LogP contribution >= 0.6 is 24.0 Å². The number of aryl methyl sites for hydroxylation is 1. The fourth-order valence-corrected chi connectivity index (χ4v) is 1.06. The molecule has 1 aromatic rings. The van der Waals surface area contributed by atoms with Gasteiger partial charge >= 0.3 is 0 Å². The zero-order valence-electron chi connectivity index (χ0n) is 10.1. The largest absolute Gasteiger partial charge is 0.357 e. The number of nitrogens with one attached hydrogen (secondary N) is 2. The van der Waals surface area contributed by atoms with E-state index in [0.717, 1.165) is 6.54 Å². The lowest BCUT2D eigenvalue weighted by molar-refractivity contribution is 0.376. The molecule has 96 valence electrons. The molecular weight excluding hydrogens is 333 g/mol. The van der Waals surface area contributed by atoms with Gasteiger partial charge in [0.15, 0.2) is 11.8 Å². The standard InChI is InChI=1S/C10H17N5O.HI/c1-4-6-12-10(11-5-2)13-7-9-14-8(3)15-16-9;/h4H,1,5-7H2,2-3H3,(H2,11,12,13);1H. The molecule has 0 aliphatic carbocycles. The first-order chi connectivity index (χ1) is 7.76. The molecule has 7 heteroatoms. The molecule has 17 heavy (non-hydrogen) atoms. The number of rotatable bonds is 5. The van der Waals surface area contributed by atoms with Crippen LogP contribution in [0, 0.1) is 6.92 Å². The van der Waals surface area contributed by atoms with E-state index in [0.29, 0.717) is 30.8 Å². The van der Waals surface area contributed by atoms with Gasteiger partial charge in [-0.05, 0) is 13.8 Å². The van der Waals surface area contributed by atoms with Crippen molar-refractivity contribution in [2.75, 3.05) is 13.1 Å². The third-order valence-electron chi connectivity index (χ3n) is 1.70. The summed E-state index contributed by atoms with van der Waals surface area (Å²) in [6, 6.07) is 0. The first-order valence-electron chi connectivity index (χ1n) is 5.18. The molecule has 0 radical (unpaired) electrons. The fraction of sp³-hybridized carbons (Fsp3) is 0.500. The maximum absolute atomic E-state index is 4.95. The average Bonchev–Trinajstić information content (AvgIpc) is 2.68. The van der Waals surface area contributed by atoms with Crippen molar-refractivity contribution in [1.82, 2.24) is 20.8 Å². The van der Waals surface area contributed by atoms with Crippen LogP contribution in [0.2, 0.25) is 0 Å². The molecule has 0 amide bonds. The predicted octanol–water partition coefficient (Wildman–Crippen LogP) is 1.24. The van der Waals surface area contributed by atoms with Gasteiger partial charge in [-0.15, -0.1) is 30.6 Å². The molecule has 6 nitrogen and oxygen atoms in total. The van der Waals surface area contributed by atoms with E-state index < -0.39 is 0 Å². The minimum Gasteiger partial charge on any atom is -0.357 e. The highest BCUT2D eigenvalue weighted by molar-refractivity contribution is 14.0. The number of aliphatic imine (C=N–C) groups is 1. The van der Waals surface area contributed by atoms with Gasteiger partial charge in [0.25, 0.3) is 0 Å². The van der Waals surface area contributed by atoms with E-state index in [9.17, 15) is 0 Å². The maximum atomic E-state index is 4.95. The fourth-order valence-electron chi connectivity index (χ4n) is 1.06. The van der Waals surface area contributed by atoms with Gasteiger partial charge in [-0.1, -0.05) is 11.2 Å². The summed E-state index contributed by atoms with van der Waals surface area (Å²) in [5, 5.41) is 9.86. The van der Waals surface area contributed by atoms with Crippen LogP contribution in [0.25, 0.3) is 0 Å². The van der Waals surface area contributed by atoms with E-state index in [2.05, 4.69) is 32.3 Å². The van der Waals surface area contributed by atoms with E-state index in [1.807, 2.05) is 6.92 Å². The van der Waals surface area contributed by atoms with Crippen LogP contribution in [0.1, 0.15) is 18.6 Å². The molecular formula is C10H18IN5O. The van der Waals surface area contributed by atoms with Crippen LogP contribution in [0.4, 0.5) is 0 Å². The summed E-state index contributed by atoms with van der Waals surface area (Å²) in [5.41, 5.74) is 0. The Morgan fingerprint density at radius 2 is 2.29 bits per heavy atom. The minimum atomic E-state index is 0. The summed E-state index contributed by atoms with van der Waals surface area (Å²) in [4.78, 5) is 8.35. The van der Waals surface area contributed by atoms with Gasteiger partial charge in [0, 0.05) is 13.1 Å². The highest BCUT2D eigenvalue weighted by Gasteiger charge is 2.01. The molecule has 0 atom stereocenters. The van der Waals surface area contributed by atoms with E-state index in [1.54, 1.807) is 13.0 Å². The van der Waals surface area contributed by atoms with Crippen molar-refractivity contribution in [3.8, 4) is 0 Å². The Morgan fingerprint density at radius 3 is 2.82 bits per heavy atom. The summed E-state index contributed by atoms with van der Waals surface area (Å²) >= 11 is 0. The highest BCUT2D eigenvalue weighted by Crippen LogP contribution is 1.97. The lowest BCUT2D eigenvalue weighted by atomic mass is 10.6. The topological polar surface area (TPSA) is 75.3 Å². The quantitative estimate of drug-likeness (QED) is 0.361. The molecule has 0 saturated carbocycles. The van der Waals surface area contributed by atoms with Gasteiger partial charge in [-0.25, -0.2) is 4.99 Å². The third-order valence-corrected chi connectivity index (χ3v) is 1.70. The second kappa shape index (κ2) is 8.97. The van der Waals surface area contributed by atoms with Crippen molar-refractivity contribution in [1.29, 1.82) is 0 Å². The Balaban J connectivity index is 0.00000256. The van der Waals surface area contributed by atoms with Gasteiger partial charge in [-0.3, -0.25) is 0 Å². The number of aromatic nitrogens is 2. The second-order valence-corrected chi connectivity index (χ2v) is 3.10. The van der Waals surface area contributed by atoms with Crippen molar-refractivity contribution in [3.63, 3.8) is 0 Å². The molecule has 0 saturated heterocycles. The lowest BCUT2D eigenvalue weighted by Gasteiger charge is -2.08. The van der Waals surface area contributed by atoms with E-state index in [-0.39, 0.29) is 24.0 Å². The van der Waals surface area contributed by atoms with Gasteiger partial charge in [-0.2, -0.15) is 4.98 Å². The number of nitrogens with zero attached hydrogens (tertiary/aromatic N) is 3. The summed E-state index contributed by atoms with van der Waals surface area (Å²) < 4.78 is 4.95. The Morgan fingerprint density at radius 1 is 1.53 bits per heavy atom.